The molecular formula is C13H23N5O. The van der Waals surface area contributed by atoms with Crippen LogP contribution in [0.3, 0.4) is 0 Å². The van der Waals surface area contributed by atoms with Crippen LogP contribution in [0.4, 0.5) is 0 Å². The van der Waals surface area contributed by atoms with Crippen LogP contribution in [0.15, 0.2) is 6.33 Å². The fraction of sp³-hybridized carbons (Fsp3) is 0.769. The highest BCUT2D eigenvalue weighted by Crippen LogP contribution is 2.34. The molecule has 1 aliphatic rings. The van der Waals surface area contributed by atoms with Gasteiger partial charge in [0.15, 0.2) is 0 Å². The first kappa shape index (κ1) is 14.0. The van der Waals surface area contributed by atoms with Gasteiger partial charge in [0.2, 0.25) is 5.91 Å². The zero-order chi connectivity index (χ0) is 13.9. The van der Waals surface area contributed by atoms with E-state index < -0.39 is 0 Å². The monoisotopic (exact) mass is 265 g/mol. The second kappa shape index (κ2) is 5.69. The highest BCUT2D eigenvalue weighted by molar-refractivity contribution is 5.83. The molecule has 1 fully saturated rings. The fourth-order valence-electron chi connectivity index (χ4n) is 2.66. The molecular weight excluding hydrogens is 242 g/mol. The quantitative estimate of drug-likeness (QED) is 0.792. The maximum absolute atomic E-state index is 12.4. The van der Waals surface area contributed by atoms with Gasteiger partial charge in [0.05, 0.1) is 5.41 Å². The first-order chi connectivity index (χ1) is 9.06. The van der Waals surface area contributed by atoms with Gasteiger partial charge in [-0.05, 0) is 18.9 Å². The summed E-state index contributed by atoms with van der Waals surface area (Å²) in [6.45, 7) is 6.56. The van der Waals surface area contributed by atoms with Crippen molar-refractivity contribution < 1.29 is 4.79 Å². The molecule has 106 valence electrons. The molecule has 1 aromatic rings. The van der Waals surface area contributed by atoms with Crippen molar-refractivity contribution in [1.82, 2.24) is 25.4 Å². The van der Waals surface area contributed by atoms with E-state index in [2.05, 4.69) is 34.7 Å². The summed E-state index contributed by atoms with van der Waals surface area (Å²) < 4.78 is 1.88. The molecule has 0 aromatic carbocycles. The van der Waals surface area contributed by atoms with Gasteiger partial charge in [0.25, 0.3) is 0 Å². The van der Waals surface area contributed by atoms with E-state index in [-0.39, 0.29) is 11.3 Å². The molecule has 1 aliphatic heterocycles. The van der Waals surface area contributed by atoms with Crippen LogP contribution >= 0.6 is 0 Å². The number of nitrogens with one attached hydrogen (secondary N) is 2. The maximum atomic E-state index is 12.4. The molecule has 1 amide bonds. The Labute approximate surface area is 114 Å². The molecule has 1 atom stereocenters. The summed E-state index contributed by atoms with van der Waals surface area (Å²) in [6.07, 6.45) is 3.30. The standard InChI is InChI=1S/C13H23N5O/c1-10(2)13(5-7-14-8-13)12(19)15-6-4-11-17-16-9-18(11)3/h9-10,14H,4-8H2,1-3H3,(H,15,19). The fourth-order valence-corrected chi connectivity index (χ4v) is 2.66. The molecule has 0 aliphatic carbocycles. The van der Waals surface area contributed by atoms with Gasteiger partial charge in [-0.3, -0.25) is 4.79 Å². The molecule has 0 saturated carbocycles. The summed E-state index contributed by atoms with van der Waals surface area (Å²) >= 11 is 0. The average Bonchev–Trinajstić information content (AvgIpc) is 2.99. The van der Waals surface area contributed by atoms with Crippen molar-refractivity contribution in [2.75, 3.05) is 19.6 Å². The summed E-state index contributed by atoms with van der Waals surface area (Å²) in [6, 6.07) is 0. The van der Waals surface area contributed by atoms with Crippen LogP contribution in [0.1, 0.15) is 26.1 Å². The van der Waals surface area contributed by atoms with Crippen LogP contribution in [0.2, 0.25) is 0 Å². The Morgan fingerprint density at radius 2 is 2.42 bits per heavy atom. The summed E-state index contributed by atoms with van der Waals surface area (Å²) in [5, 5.41) is 14.2. The van der Waals surface area contributed by atoms with E-state index in [1.807, 2.05) is 11.6 Å². The molecule has 2 heterocycles. The lowest BCUT2D eigenvalue weighted by molar-refractivity contribution is -0.132. The number of aryl methyl sites for hydroxylation is 1. The normalized spacial score (nSPS) is 22.9. The maximum Gasteiger partial charge on any atom is 0.227 e. The van der Waals surface area contributed by atoms with Crippen molar-refractivity contribution in [3.05, 3.63) is 12.2 Å². The number of aromatic nitrogens is 3. The summed E-state index contributed by atoms with van der Waals surface area (Å²) in [4.78, 5) is 12.4. The summed E-state index contributed by atoms with van der Waals surface area (Å²) in [7, 11) is 1.91. The van der Waals surface area contributed by atoms with Gasteiger partial charge in [0.1, 0.15) is 12.2 Å². The number of hydrogen-bond donors (Lipinski definition) is 2. The Morgan fingerprint density at radius 3 is 2.95 bits per heavy atom. The minimum atomic E-state index is -0.250. The predicted molar refractivity (Wildman–Crippen MR) is 72.5 cm³/mol. The summed E-state index contributed by atoms with van der Waals surface area (Å²) in [5.74, 6) is 1.40. The smallest absolute Gasteiger partial charge is 0.227 e. The minimum Gasteiger partial charge on any atom is -0.355 e. The molecule has 19 heavy (non-hydrogen) atoms. The average molecular weight is 265 g/mol. The van der Waals surface area contributed by atoms with Crippen LogP contribution in [-0.2, 0) is 18.3 Å². The lowest BCUT2D eigenvalue weighted by Crippen LogP contribution is -2.46. The van der Waals surface area contributed by atoms with Gasteiger partial charge in [-0.2, -0.15) is 0 Å². The molecule has 0 radical (unpaired) electrons. The molecule has 6 heteroatoms. The van der Waals surface area contributed by atoms with Crippen LogP contribution in [0.25, 0.3) is 0 Å². The lowest BCUT2D eigenvalue weighted by Gasteiger charge is -2.31. The number of rotatable bonds is 5. The zero-order valence-corrected chi connectivity index (χ0v) is 11.9. The highest BCUT2D eigenvalue weighted by Gasteiger charge is 2.43. The van der Waals surface area contributed by atoms with Crippen molar-refractivity contribution in [3.63, 3.8) is 0 Å². The van der Waals surface area contributed by atoms with E-state index in [0.29, 0.717) is 18.9 Å². The number of carbonyl (C=O) groups is 1. The third kappa shape index (κ3) is 2.78. The van der Waals surface area contributed by atoms with Crippen LogP contribution in [0.5, 0.6) is 0 Å². The Bertz CT molecular complexity index is 434. The number of carbonyl (C=O) groups excluding carboxylic acids is 1. The summed E-state index contributed by atoms with van der Waals surface area (Å²) in [5.41, 5.74) is -0.250. The van der Waals surface area contributed by atoms with E-state index in [4.69, 9.17) is 0 Å². The van der Waals surface area contributed by atoms with E-state index in [9.17, 15) is 4.79 Å². The molecule has 0 bridgehead atoms. The van der Waals surface area contributed by atoms with Gasteiger partial charge in [-0.15, -0.1) is 10.2 Å². The highest BCUT2D eigenvalue weighted by atomic mass is 16.2. The second-order valence-electron chi connectivity index (χ2n) is 5.60. The van der Waals surface area contributed by atoms with Crippen molar-refractivity contribution in [1.29, 1.82) is 0 Å². The second-order valence-corrected chi connectivity index (χ2v) is 5.60. The third-order valence-corrected chi connectivity index (χ3v) is 4.19. The topological polar surface area (TPSA) is 71.8 Å². The first-order valence-electron chi connectivity index (χ1n) is 6.88. The van der Waals surface area contributed by atoms with Gasteiger partial charge in [-0.1, -0.05) is 13.8 Å². The molecule has 2 rings (SSSR count). The first-order valence-corrected chi connectivity index (χ1v) is 6.88. The lowest BCUT2D eigenvalue weighted by atomic mass is 9.75. The molecule has 6 nitrogen and oxygen atoms in total. The zero-order valence-electron chi connectivity index (χ0n) is 11.9. The number of nitrogens with zero attached hydrogens (tertiary/aromatic N) is 3. The predicted octanol–water partition coefficient (Wildman–Crippen LogP) is 0.110. The van der Waals surface area contributed by atoms with Crippen LogP contribution < -0.4 is 10.6 Å². The van der Waals surface area contributed by atoms with E-state index in [1.54, 1.807) is 6.33 Å². The third-order valence-electron chi connectivity index (χ3n) is 4.19. The largest absolute Gasteiger partial charge is 0.355 e. The molecule has 1 saturated heterocycles. The van der Waals surface area contributed by atoms with Gasteiger partial charge < -0.3 is 15.2 Å². The van der Waals surface area contributed by atoms with Gasteiger partial charge in [0, 0.05) is 26.6 Å². The Kier molecular flexibility index (Phi) is 4.19. The van der Waals surface area contributed by atoms with Crippen molar-refractivity contribution in [2.45, 2.75) is 26.7 Å². The van der Waals surface area contributed by atoms with E-state index >= 15 is 0 Å². The number of amides is 1. The van der Waals surface area contributed by atoms with Crippen LogP contribution in [-0.4, -0.2) is 40.3 Å². The Balaban J connectivity index is 1.88. The Hall–Kier alpha value is -1.43. The van der Waals surface area contributed by atoms with Gasteiger partial charge >= 0.3 is 0 Å². The molecule has 2 N–H and O–H groups in total. The Morgan fingerprint density at radius 1 is 1.63 bits per heavy atom. The van der Waals surface area contributed by atoms with E-state index in [1.165, 1.54) is 0 Å². The van der Waals surface area contributed by atoms with Crippen molar-refractivity contribution in [2.24, 2.45) is 18.4 Å². The molecule has 1 aromatic heterocycles. The molecule has 0 spiro atoms. The van der Waals surface area contributed by atoms with Crippen molar-refractivity contribution >= 4 is 5.91 Å². The molecule has 1 unspecified atom stereocenters. The van der Waals surface area contributed by atoms with E-state index in [0.717, 1.165) is 25.3 Å². The van der Waals surface area contributed by atoms with Crippen LogP contribution in [0, 0.1) is 11.3 Å². The SMILES string of the molecule is CC(C)C1(C(=O)NCCc2nncn2C)CCNC1. The van der Waals surface area contributed by atoms with Gasteiger partial charge in [-0.25, -0.2) is 0 Å². The minimum absolute atomic E-state index is 0.162. The number of hydrogen-bond acceptors (Lipinski definition) is 4. The van der Waals surface area contributed by atoms with Crippen molar-refractivity contribution in [3.8, 4) is 0 Å².